The van der Waals surface area contributed by atoms with Crippen molar-refractivity contribution >= 4 is 5.97 Å². The van der Waals surface area contributed by atoms with Crippen LogP contribution < -0.4 is 5.69 Å². The molecule has 2 saturated heterocycles. The van der Waals surface area contributed by atoms with E-state index in [4.69, 9.17) is 23.7 Å². The SMILES string of the molecule is CCOC(C)(C)C(=O)OC[C@H]1O[C@@H](n2ccc(-n3cncn3)nc2=O)[C@@H]2OC(C)(C)O[C@@H]21. The number of ether oxygens (including phenoxy) is 5. The second-order valence-electron chi connectivity index (χ2n) is 8.49. The molecule has 0 N–H and O–H groups in total. The van der Waals surface area contributed by atoms with Crippen LogP contribution in [0.3, 0.4) is 0 Å². The zero-order chi connectivity index (χ0) is 23.1. The lowest BCUT2D eigenvalue weighted by Gasteiger charge is -2.26. The molecule has 174 valence electrons. The molecule has 2 aliphatic rings. The first-order chi connectivity index (χ1) is 15.1. The highest BCUT2D eigenvalue weighted by Gasteiger charge is 2.56. The van der Waals surface area contributed by atoms with Gasteiger partial charge in [0.05, 0.1) is 0 Å². The molecular formula is C20H27N5O7. The van der Waals surface area contributed by atoms with Gasteiger partial charge in [-0.2, -0.15) is 10.1 Å². The number of nitrogens with zero attached hydrogens (tertiary/aromatic N) is 5. The van der Waals surface area contributed by atoms with Crippen LogP contribution in [0.4, 0.5) is 0 Å². The van der Waals surface area contributed by atoms with Gasteiger partial charge in [0.25, 0.3) is 0 Å². The van der Waals surface area contributed by atoms with E-state index in [1.807, 2.05) is 0 Å². The molecule has 2 aromatic rings. The molecule has 0 unspecified atom stereocenters. The van der Waals surface area contributed by atoms with Crippen molar-refractivity contribution in [3.8, 4) is 5.82 Å². The molecule has 0 spiro atoms. The van der Waals surface area contributed by atoms with E-state index in [2.05, 4.69) is 15.1 Å². The third kappa shape index (κ3) is 4.31. The lowest BCUT2D eigenvalue weighted by molar-refractivity contribution is -0.205. The number of hydrogen-bond acceptors (Lipinski definition) is 10. The van der Waals surface area contributed by atoms with Crippen LogP contribution >= 0.6 is 0 Å². The molecule has 0 saturated carbocycles. The highest BCUT2D eigenvalue weighted by atomic mass is 16.8. The van der Waals surface area contributed by atoms with Crippen LogP contribution in [-0.2, 0) is 28.5 Å². The lowest BCUT2D eigenvalue weighted by Crippen LogP contribution is -2.40. The first-order valence-electron chi connectivity index (χ1n) is 10.4. The monoisotopic (exact) mass is 449 g/mol. The summed E-state index contributed by atoms with van der Waals surface area (Å²) in [6, 6.07) is 1.62. The third-order valence-corrected chi connectivity index (χ3v) is 5.24. The average Bonchev–Trinajstić information content (AvgIpc) is 3.42. The number of carbonyl (C=O) groups excluding carboxylic acids is 1. The molecule has 0 amide bonds. The average molecular weight is 449 g/mol. The van der Waals surface area contributed by atoms with Gasteiger partial charge in [-0.15, -0.1) is 0 Å². The molecule has 12 heteroatoms. The minimum absolute atomic E-state index is 0.0777. The van der Waals surface area contributed by atoms with Gasteiger partial charge in [-0.05, 0) is 40.7 Å². The van der Waals surface area contributed by atoms with Gasteiger partial charge in [-0.3, -0.25) is 4.57 Å². The van der Waals surface area contributed by atoms with E-state index in [0.29, 0.717) is 12.4 Å². The predicted octanol–water partition coefficient (Wildman–Crippen LogP) is 0.600. The van der Waals surface area contributed by atoms with Crippen LogP contribution in [0.5, 0.6) is 0 Å². The summed E-state index contributed by atoms with van der Waals surface area (Å²) in [5, 5.41) is 3.97. The molecule has 0 aliphatic carbocycles. The highest BCUT2D eigenvalue weighted by molar-refractivity contribution is 5.78. The van der Waals surface area contributed by atoms with Gasteiger partial charge in [0.1, 0.15) is 37.6 Å². The van der Waals surface area contributed by atoms with Crippen LogP contribution in [0.15, 0.2) is 29.7 Å². The molecule has 4 rings (SSSR count). The molecular weight excluding hydrogens is 422 g/mol. The first kappa shape index (κ1) is 22.5. The topological polar surface area (TPSA) is 129 Å². The Kier molecular flexibility index (Phi) is 5.88. The Labute approximate surface area is 184 Å². The maximum absolute atomic E-state index is 12.8. The van der Waals surface area contributed by atoms with E-state index < -0.39 is 47.6 Å². The molecule has 4 heterocycles. The number of carbonyl (C=O) groups is 1. The smallest absolute Gasteiger partial charge is 0.351 e. The van der Waals surface area contributed by atoms with Crippen molar-refractivity contribution < 1.29 is 28.5 Å². The summed E-state index contributed by atoms with van der Waals surface area (Å²) in [5.74, 6) is -1.08. The summed E-state index contributed by atoms with van der Waals surface area (Å²) in [6.45, 7) is 8.93. The summed E-state index contributed by atoms with van der Waals surface area (Å²) in [4.78, 5) is 33.1. The van der Waals surface area contributed by atoms with Crippen LogP contribution in [0.1, 0.15) is 40.8 Å². The highest BCUT2D eigenvalue weighted by Crippen LogP contribution is 2.42. The fraction of sp³-hybridized carbons (Fsp3) is 0.650. The third-order valence-electron chi connectivity index (χ3n) is 5.24. The van der Waals surface area contributed by atoms with E-state index >= 15 is 0 Å². The van der Waals surface area contributed by atoms with Gasteiger partial charge < -0.3 is 23.7 Å². The Morgan fingerprint density at radius 3 is 2.69 bits per heavy atom. The van der Waals surface area contributed by atoms with Crippen LogP contribution in [-0.4, -0.2) is 73.2 Å². The first-order valence-corrected chi connectivity index (χ1v) is 10.4. The molecule has 0 bridgehead atoms. The predicted molar refractivity (Wildman–Crippen MR) is 108 cm³/mol. The molecule has 2 aromatic heterocycles. The lowest BCUT2D eigenvalue weighted by atomic mass is 10.1. The Morgan fingerprint density at radius 1 is 1.28 bits per heavy atom. The van der Waals surface area contributed by atoms with Crippen molar-refractivity contribution in [3.63, 3.8) is 0 Å². The van der Waals surface area contributed by atoms with Crippen molar-refractivity contribution in [3.05, 3.63) is 35.4 Å². The van der Waals surface area contributed by atoms with Crippen molar-refractivity contribution in [1.82, 2.24) is 24.3 Å². The van der Waals surface area contributed by atoms with E-state index in [1.165, 1.54) is 21.9 Å². The van der Waals surface area contributed by atoms with Crippen molar-refractivity contribution in [2.75, 3.05) is 13.2 Å². The largest absolute Gasteiger partial charge is 0.461 e. The number of fused-ring (bicyclic) bond motifs is 1. The summed E-state index contributed by atoms with van der Waals surface area (Å²) in [7, 11) is 0. The van der Waals surface area contributed by atoms with Gasteiger partial charge in [0.2, 0.25) is 0 Å². The second-order valence-corrected chi connectivity index (χ2v) is 8.49. The standard InChI is InChI=1S/C20H27N5O7/c1-6-29-19(2,3)17(26)28-9-12-14-15(32-20(4,5)31-14)16(30-12)24-8-7-13(23-18(24)27)25-11-21-10-22-25/h7-8,10-12,14-16H,6,9H2,1-5H3/t12-,14-,15-,16-/m1/s1. The molecule has 2 fully saturated rings. The number of rotatable bonds is 7. The summed E-state index contributed by atoms with van der Waals surface area (Å²) >= 11 is 0. The maximum Gasteiger partial charge on any atom is 0.351 e. The Bertz CT molecular complexity index is 1020. The van der Waals surface area contributed by atoms with Crippen LogP contribution in [0.25, 0.3) is 5.82 Å². The van der Waals surface area contributed by atoms with Gasteiger partial charge in [0, 0.05) is 12.8 Å². The Hall–Kier alpha value is -2.67. The van der Waals surface area contributed by atoms with E-state index in [0.717, 1.165) is 0 Å². The Balaban J connectivity index is 1.54. The minimum Gasteiger partial charge on any atom is -0.461 e. The minimum atomic E-state index is -1.09. The van der Waals surface area contributed by atoms with Crippen molar-refractivity contribution in [2.24, 2.45) is 0 Å². The van der Waals surface area contributed by atoms with E-state index in [-0.39, 0.29) is 6.61 Å². The molecule has 0 radical (unpaired) electrons. The number of aromatic nitrogens is 5. The fourth-order valence-corrected chi connectivity index (χ4v) is 3.82. The molecule has 4 atom stereocenters. The van der Waals surface area contributed by atoms with E-state index in [9.17, 15) is 9.59 Å². The molecule has 12 nitrogen and oxygen atoms in total. The summed E-state index contributed by atoms with van der Waals surface area (Å²) in [6.07, 6.45) is 1.76. The normalized spacial score (nSPS) is 26.8. The van der Waals surface area contributed by atoms with E-state index in [1.54, 1.807) is 46.9 Å². The summed E-state index contributed by atoms with van der Waals surface area (Å²) in [5.41, 5.74) is -1.64. The molecule has 2 aliphatic heterocycles. The zero-order valence-corrected chi connectivity index (χ0v) is 18.6. The zero-order valence-electron chi connectivity index (χ0n) is 18.6. The fourth-order valence-electron chi connectivity index (χ4n) is 3.82. The number of hydrogen-bond donors (Lipinski definition) is 0. The van der Waals surface area contributed by atoms with Crippen molar-refractivity contribution in [1.29, 1.82) is 0 Å². The second kappa shape index (κ2) is 8.35. The van der Waals surface area contributed by atoms with Crippen LogP contribution in [0.2, 0.25) is 0 Å². The number of esters is 1. The van der Waals surface area contributed by atoms with Gasteiger partial charge in [-0.25, -0.2) is 19.3 Å². The van der Waals surface area contributed by atoms with Gasteiger partial charge >= 0.3 is 11.7 Å². The quantitative estimate of drug-likeness (QED) is 0.554. The van der Waals surface area contributed by atoms with Crippen molar-refractivity contribution in [2.45, 2.75) is 70.5 Å². The van der Waals surface area contributed by atoms with Crippen LogP contribution in [0, 0.1) is 0 Å². The molecule has 32 heavy (non-hydrogen) atoms. The molecule has 0 aromatic carbocycles. The van der Waals surface area contributed by atoms with Gasteiger partial charge in [-0.1, -0.05) is 0 Å². The summed E-state index contributed by atoms with van der Waals surface area (Å²) < 4.78 is 31.7. The maximum atomic E-state index is 12.8. The van der Waals surface area contributed by atoms with Gasteiger partial charge in [0.15, 0.2) is 23.4 Å². The Morgan fingerprint density at radius 2 is 2.03 bits per heavy atom.